The van der Waals surface area contributed by atoms with Crippen LogP contribution in [-0.2, 0) is 14.3 Å². The number of carboxylic acids is 1. The van der Waals surface area contributed by atoms with E-state index in [0.29, 0.717) is 0 Å². The minimum absolute atomic E-state index is 0.584. The number of amides is 4. The number of urea groups is 1. The van der Waals surface area contributed by atoms with E-state index in [1.807, 2.05) is 0 Å². The predicted octanol–water partition coefficient (Wildman–Crippen LogP) is -0.0954. The fraction of sp³-hybridized carbons (Fsp3) is 0.667. The summed E-state index contributed by atoms with van der Waals surface area (Å²) in [5, 5.41) is 12.9. The number of carboxylic acid groups (broad SMARTS) is 1. The van der Waals surface area contributed by atoms with Crippen LogP contribution in [-0.4, -0.2) is 58.2 Å². The quantitative estimate of drug-likeness (QED) is 0.625. The van der Waals surface area contributed by atoms with E-state index in [4.69, 9.17) is 9.84 Å². The zero-order valence-corrected chi connectivity index (χ0v) is 12.3. The second kappa shape index (κ2) is 5.98. The molecule has 0 aromatic carbocycles. The molecule has 1 aliphatic heterocycles. The average molecular weight is 301 g/mol. The second-order valence-electron chi connectivity index (χ2n) is 5.63. The molecule has 0 aromatic rings. The Bertz CT molecular complexity index is 470. The molecule has 0 aromatic heterocycles. The van der Waals surface area contributed by atoms with Crippen molar-refractivity contribution in [2.24, 2.45) is 0 Å². The van der Waals surface area contributed by atoms with Crippen LogP contribution in [0.5, 0.6) is 0 Å². The van der Waals surface area contributed by atoms with Gasteiger partial charge in [0.1, 0.15) is 18.2 Å². The van der Waals surface area contributed by atoms with E-state index in [9.17, 15) is 19.2 Å². The summed E-state index contributed by atoms with van der Waals surface area (Å²) in [5.74, 6) is -1.83. The number of β-lactam (4-membered cyclic amide) rings is 1. The third-order valence-corrected chi connectivity index (χ3v) is 2.68. The number of nitrogens with zero attached hydrogens (tertiary/aromatic N) is 1. The molecule has 21 heavy (non-hydrogen) atoms. The Balaban J connectivity index is 2.52. The minimum Gasteiger partial charge on any atom is -0.480 e. The maximum Gasteiger partial charge on any atom is 0.408 e. The molecule has 1 rings (SSSR count). The maximum atomic E-state index is 11.8. The van der Waals surface area contributed by atoms with Gasteiger partial charge in [0.15, 0.2) is 0 Å². The molecule has 1 heterocycles. The van der Waals surface area contributed by atoms with Gasteiger partial charge in [0.25, 0.3) is 5.91 Å². The van der Waals surface area contributed by atoms with Crippen LogP contribution < -0.4 is 10.6 Å². The lowest BCUT2D eigenvalue weighted by Crippen LogP contribution is -2.72. The molecule has 3 N–H and O–H groups in total. The van der Waals surface area contributed by atoms with Gasteiger partial charge in [0.05, 0.1) is 6.04 Å². The molecule has 0 spiro atoms. The van der Waals surface area contributed by atoms with Crippen molar-refractivity contribution in [1.82, 2.24) is 15.5 Å². The van der Waals surface area contributed by atoms with E-state index in [1.165, 1.54) is 0 Å². The molecular formula is C12H19N3O6. The summed E-state index contributed by atoms with van der Waals surface area (Å²) >= 11 is 0. The van der Waals surface area contributed by atoms with Crippen molar-refractivity contribution >= 4 is 24.0 Å². The first-order valence-corrected chi connectivity index (χ1v) is 6.35. The number of aliphatic carboxylic acids is 1. The van der Waals surface area contributed by atoms with E-state index in [0.717, 1.165) is 4.90 Å². The molecule has 0 unspecified atom stereocenters. The Morgan fingerprint density at radius 2 is 1.90 bits per heavy atom. The van der Waals surface area contributed by atoms with Crippen LogP contribution in [0, 0.1) is 0 Å². The summed E-state index contributed by atoms with van der Waals surface area (Å²) in [6.07, 6.45) is -0.752. The van der Waals surface area contributed by atoms with Crippen LogP contribution in [0.15, 0.2) is 0 Å². The zero-order chi connectivity index (χ0) is 16.4. The Kier molecular flexibility index (Phi) is 4.77. The van der Waals surface area contributed by atoms with Gasteiger partial charge in [0.2, 0.25) is 0 Å². The van der Waals surface area contributed by atoms with E-state index < -0.39 is 48.2 Å². The Morgan fingerprint density at radius 3 is 2.33 bits per heavy atom. The lowest BCUT2D eigenvalue weighted by molar-refractivity contribution is -0.145. The molecule has 1 saturated heterocycles. The van der Waals surface area contributed by atoms with Gasteiger partial charge in [-0.2, -0.15) is 0 Å². The summed E-state index contributed by atoms with van der Waals surface area (Å²) in [5.41, 5.74) is -0.696. The van der Waals surface area contributed by atoms with Crippen LogP contribution in [0.4, 0.5) is 9.59 Å². The van der Waals surface area contributed by atoms with Crippen LogP contribution in [0.2, 0.25) is 0 Å². The smallest absolute Gasteiger partial charge is 0.408 e. The van der Waals surface area contributed by atoms with Crippen molar-refractivity contribution in [3.05, 3.63) is 0 Å². The Morgan fingerprint density at radius 1 is 1.33 bits per heavy atom. The van der Waals surface area contributed by atoms with Crippen molar-refractivity contribution in [2.45, 2.75) is 45.4 Å². The number of hydrogen-bond donors (Lipinski definition) is 3. The fourth-order valence-corrected chi connectivity index (χ4v) is 1.76. The number of rotatable bonds is 3. The molecule has 1 aliphatic rings. The lowest BCUT2D eigenvalue weighted by Gasteiger charge is -2.43. The third-order valence-electron chi connectivity index (χ3n) is 2.68. The highest BCUT2D eigenvalue weighted by Crippen LogP contribution is 2.20. The topological polar surface area (TPSA) is 125 Å². The van der Waals surface area contributed by atoms with Crippen LogP contribution in [0.1, 0.15) is 27.7 Å². The summed E-state index contributed by atoms with van der Waals surface area (Å²) in [6.45, 7) is 6.03. The van der Waals surface area contributed by atoms with Crippen LogP contribution in [0.25, 0.3) is 0 Å². The van der Waals surface area contributed by atoms with E-state index in [-0.39, 0.29) is 0 Å². The largest absolute Gasteiger partial charge is 0.480 e. The average Bonchev–Trinajstić information content (AvgIpc) is 2.31. The molecule has 9 heteroatoms. The highest BCUT2D eigenvalue weighted by Gasteiger charge is 2.49. The fourth-order valence-electron chi connectivity index (χ4n) is 1.76. The third kappa shape index (κ3) is 4.33. The SMILES string of the molecule is C[C@H]1[C@H](NC(=O)OC(C)(C)C)C(=O)N1C(=O)NCC(=O)O. The second-order valence-corrected chi connectivity index (χ2v) is 5.63. The van der Waals surface area contributed by atoms with Crippen molar-refractivity contribution < 1.29 is 29.0 Å². The van der Waals surface area contributed by atoms with E-state index in [2.05, 4.69) is 10.6 Å². The predicted molar refractivity (Wildman–Crippen MR) is 70.5 cm³/mol. The minimum atomic E-state index is -1.22. The number of ether oxygens (including phenoxy) is 1. The van der Waals surface area contributed by atoms with Gasteiger partial charge in [-0.25, -0.2) is 9.59 Å². The summed E-state index contributed by atoms with van der Waals surface area (Å²) in [4.78, 5) is 46.2. The van der Waals surface area contributed by atoms with Crippen molar-refractivity contribution in [2.75, 3.05) is 6.54 Å². The van der Waals surface area contributed by atoms with Crippen molar-refractivity contribution in [3.63, 3.8) is 0 Å². The van der Waals surface area contributed by atoms with Gasteiger partial charge in [-0.05, 0) is 27.7 Å². The monoisotopic (exact) mass is 301 g/mol. The number of nitrogens with one attached hydrogen (secondary N) is 2. The normalized spacial score (nSPS) is 21.3. The van der Waals surface area contributed by atoms with Gasteiger partial charge in [-0.3, -0.25) is 14.5 Å². The first kappa shape index (κ1) is 16.7. The van der Waals surface area contributed by atoms with E-state index in [1.54, 1.807) is 27.7 Å². The first-order valence-electron chi connectivity index (χ1n) is 6.35. The van der Waals surface area contributed by atoms with Crippen molar-refractivity contribution in [1.29, 1.82) is 0 Å². The summed E-state index contributed by atoms with van der Waals surface area (Å²) in [6, 6.07) is -2.26. The summed E-state index contributed by atoms with van der Waals surface area (Å²) in [7, 11) is 0. The number of hydrogen-bond acceptors (Lipinski definition) is 5. The molecule has 0 bridgehead atoms. The molecule has 118 valence electrons. The number of carbonyl (C=O) groups excluding carboxylic acids is 3. The molecule has 0 aliphatic carbocycles. The van der Waals surface area contributed by atoms with Crippen molar-refractivity contribution in [3.8, 4) is 0 Å². The molecule has 2 atom stereocenters. The number of alkyl carbamates (subject to hydrolysis) is 1. The van der Waals surface area contributed by atoms with E-state index >= 15 is 0 Å². The van der Waals surface area contributed by atoms with Crippen LogP contribution >= 0.6 is 0 Å². The Hall–Kier alpha value is -2.32. The lowest BCUT2D eigenvalue weighted by atomic mass is 9.97. The van der Waals surface area contributed by atoms with Gasteiger partial charge >= 0.3 is 18.1 Å². The standard InChI is InChI=1S/C12H19N3O6/c1-6-8(14-11(20)21-12(2,3)4)9(18)15(6)10(19)13-5-7(16)17/h6,8H,5H2,1-4H3,(H,13,19)(H,14,20)(H,16,17)/t6-,8-/m0/s1. The first-order chi connectivity index (χ1) is 9.53. The highest BCUT2D eigenvalue weighted by molar-refractivity contribution is 6.04. The molecule has 4 amide bonds. The van der Waals surface area contributed by atoms with Gasteiger partial charge in [0, 0.05) is 0 Å². The maximum absolute atomic E-state index is 11.8. The van der Waals surface area contributed by atoms with Gasteiger partial charge < -0.3 is 20.5 Å². The van der Waals surface area contributed by atoms with Gasteiger partial charge in [-0.15, -0.1) is 0 Å². The molecular weight excluding hydrogens is 282 g/mol. The Labute approximate surface area is 121 Å². The number of imide groups is 1. The molecule has 0 radical (unpaired) electrons. The number of carbonyl (C=O) groups is 4. The number of likely N-dealkylation sites (tertiary alicyclic amines) is 1. The molecule has 9 nitrogen and oxygen atoms in total. The molecule has 0 saturated carbocycles. The summed E-state index contributed by atoms with van der Waals surface area (Å²) < 4.78 is 5.02. The zero-order valence-electron chi connectivity index (χ0n) is 12.3. The highest BCUT2D eigenvalue weighted by atomic mass is 16.6. The van der Waals surface area contributed by atoms with Crippen LogP contribution in [0.3, 0.4) is 0 Å². The van der Waals surface area contributed by atoms with Gasteiger partial charge in [-0.1, -0.05) is 0 Å². The molecule has 1 fully saturated rings.